The fraction of sp³-hybridized carbons (Fsp3) is 0.389. The van der Waals surface area contributed by atoms with Crippen LogP contribution in [0, 0.1) is 0 Å². The molecule has 0 saturated carbocycles. The van der Waals surface area contributed by atoms with Crippen LogP contribution < -0.4 is 15.0 Å². The summed E-state index contributed by atoms with van der Waals surface area (Å²) in [6.45, 7) is 4.28. The Morgan fingerprint density at radius 2 is 2.08 bits per heavy atom. The van der Waals surface area contributed by atoms with Gasteiger partial charge in [0.05, 0.1) is 13.7 Å². The van der Waals surface area contributed by atoms with Gasteiger partial charge in [0, 0.05) is 57.4 Å². The largest absolute Gasteiger partial charge is 0.497 e. The van der Waals surface area contributed by atoms with Crippen LogP contribution in [0.15, 0.2) is 42.9 Å². The summed E-state index contributed by atoms with van der Waals surface area (Å²) in [6, 6.07) is 7.60. The zero-order valence-electron chi connectivity index (χ0n) is 14.4. The van der Waals surface area contributed by atoms with E-state index in [1.54, 1.807) is 25.7 Å². The van der Waals surface area contributed by atoms with Crippen LogP contribution >= 0.6 is 0 Å². The average molecular weight is 341 g/mol. The molecule has 7 nitrogen and oxygen atoms in total. The summed E-state index contributed by atoms with van der Waals surface area (Å²) in [6.07, 6.45) is 5.24. The Morgan fingerprint density at radius 1 is 1.24 bits per heavy atom. The van der Waals surface area contributed by atoms with Gasteiger partial charge >= 0.3 is 0 Å². The van der Waals surface area contributed by atoms with Gasteiger partial charge in [0.25, 0.3) is 0 Å². The molecule has 1 N–H and O–H groups in total. The number of amides is 1. The predicted molar refractivity (Wildman–Crippen MR) is 95.5 cm³/mol. The van der Waals surface area contributed by atoms with E-state index < -0.39 is 0 Å². The summed E-state index contributed by atoms with van der Waals surface area (Å²) in [5.74, 6) is 1.76. The first kappa shape index (κ1) is 17.2. The fourth-order valence-electron chi connectivity index (χ4n) is 2.80. The number of carbonyl (C=O) groups is 1. The molecule has 2 aromatic heterocycles. The number of nitrogens with one attached hydrogen (secondary N) is 1. The van der Waals surface area contributed by atoms with Gasteiger partial charge < -0.3 is 15.0 Å². The third kappa shape index (κ3) is 4.90. The maximum absolute atomic E-state index is 12.1. The molecule has 7 heteroatoms. The molecule has 1 aliphatic heterocycles. The van der Waals surface area contributed by atoms with Crippen LogP contribution in [0.3, 0.4) is 0 Å². The van der Waals surface area contributed by atoms with E-state index in [-0.39, 0.29) is 5.91 Å². The minimum atomic E-state index is 0.0387. The molecule has 1 amide bonds. The van der Waals surface area contributed by atoms with Crippen LogP contribution in [0.25, 0.3) is 0 Å². The van der Waals surface area contributed by atoms with Crippen molar-refractivity contribution in [2.24, 2.45) is 0 Å². The molecule has 0 radical (unpaired) electrons. The second-order valence-electron chi connectivity index (χ2n) is 5.96. The molecule has 0 bridgehead atoms. The summed E-state index contributed by atoms with van der Waals surface area (Å²) in [5.41, 5.74) is 1.00. The van der Waals surface area contributed by atoms with Crippen molar-refractivity contribution in [3.8, 4) is 5.75 Å². The Balaban J connectivity index is 1.43. The number of hydrogen-bond acceptors (Lipinski definition) is 6. The number of aromatic nitrogens is 2. The number of rotatable bonds is 6. The molecule has 25 heavy (non-hydrogen) atoms. The van der Waals surface area contributed by atoms with Gasteiger partial charge in [-0.1, -0.05) is 6.07 Å². The Kier molecular flexibility index (Phi) is 5.79. The number of piperazine rings is 1. The van der Waals surface area contributed by atoms with Crippen LogP contribution in [0.2, 0.25) is 0 Å². The second kappa shape index (κ2) is 8.43. The third-order valence-electron chi connectivity index (χ3n) is 4.23. The molecule has 0 atom stereocenters. The zero-order chi connectivity index (χ0) is 17.5. The van der Waals surface area contributed by atoms with Gasteiger partial charge in [-0.3, -0.25) is 14.7 Å². The predicted octanol–water partition coefficient (Wildman–Crippen LogP) is 0.924. The van der Waals surface area contributed by atoms with E-state index >= 15 is 0 Å². The molecule has 1 aliphatic rings. The molecule has 3 rings (SSSR count). The van der Waals surface area contributed by atoms with Crippen molar-refractivity contribution in [3.63, 3.8) is 0 Å². The monoisotopic (exact) mass is 341 g/mol. The molecule has 0 aromatic carbocycles. The number of pyridine rings is 2. The standard InChI is InChI=1S/C18H23N5O2/c1-25-16-4-6-20-17(11-16)23-9-7-22(8-10-23)14-18(24)21-13-15-3-2-5-19-12-15/h2-6,11-12H,7-10,13-14H2,1H3,(H,21,24). The number of methoxy groups -OCH3 is 1. The molecule has 1 fully saturated rings. The highest BCUT2D eigenvalue weighted by Crippen LogP contribution is 2.19. The number of ether oxygens (including phenoxy) is 1. The van der Waals surface area contributed by atoms with Gasteiger partial charge in [-0.2, -0.15) is 0 Å². The van der Waals surface area contributed by atoms with E-state index in [0.717, 1.165) is 43.3 Å². The summed E-state index contributed by atoms with van der Waals surface area (Å²) in [7, 11) is 1.65. The van der Waals surface area contributed by atoms with Gasteiger partial charge in [-0.15, -0.1) is 0 Å². The quantitative estimate of drug-likeness (QED) is 0.843. The van der Waals surface area contributed by atoms with Gasteiger partial charge in [0.2, 0.25) is 5.91 Å². The van der Waals surface area contributed by atoms with Gasteiger partial charge in [-0.05, 0) is 17.7 Å². The molecular weight excluding hydrogens is 318 g/mol. The summed E-state index contributed by atoms with van der Waals surface area (Å²) >= 11 is 0. The van der Waals surface area contributed by atoms with Crippen molar-refractivity contribution < 1.29 is 9.53 Å². The van der Waals surface area contributed by atoms with Gasteiger partial charge in [-0.25, -0.2) is 4.98 Å². The van der Waals surface area contributed by atoms with Crippen molar-refractivity contribution in [2.75, 3.05) is 44.7 Å². The zero-order valence-corrected chi connectivity index (χ0v) is 14.4. The fourth-order valence-corrected chi connectivity index (χ4v) is 2.80. The molecule has 3 heterocycles. The van der Waals surface area contributed by atoms with Crippen molar-refractivity contribution in [1.29, 1.82) is 0 Å². The molecule has 0 aliphatic carbocycles. The lowest BCUT2D eigenvalue weighted by molar-refractivity contribution is -0.122. The minimum absolute atomic E-state index is 0.0387. The Bertz CT molecular complexity index is 687. The highest BCUT2D eigenvalue weighted by Gasteiger charge is 2.20. The minimum Gasteiger partial charge on any atom is -0.497 e. The highest BCUT2D eigenvalue weighted by molar-refractivity contribution is 5.78. The second-order valence-corrected chi connectivity index (χ2v) is 5.96. The first-order chi connectivity index (χ1) is 12.2. The maximum Gasteiger partial charge on any atom is 0.234 e. The number of carbonyl (C=O) groups excluding carboxylic acids is 1. The van der Waals surface area contributed by atoms with E-state index in [9.17, 15) is 4.79 Å². The molecule has 0 spiro atoms. The summed E-state index contributed by atoms with van der Waals surface area (Å²) < 4.78 is 5.25. The number of nitrogens with zero attached hydrogens (tertiary/aromatic N) is 4. The van der Waals surface area contributed by atoms with E-state index in [2.05, 4.69) is 25.1 Å². The molecule has 132 valence electrons. The van der Waals surface area contributed by atoms with Crippen molar-refractivity contribution in [1.82, 2.24) is 20.2 Å². The van der Waals surface area contributed by atoms with Crippen LogP contribution in [-0.4, -0.2) is 60.6 Å². The van der Waals surface area contributed by atoms with Crippen LogP contribution in [-0.2, 0) is 11.3 Å². The van der Waals surface area contributed by atoms with Gasteiger partial charge in [0.1, 0.15) is 11.6 Å². The number of hydrogen-bond donors (Lipinski definition) is 1. The first-order valence-corrected chi connectivity index (χ1v) is 8.37. The highest BCUT2D eigenvalue weighted by atomic mass is 16.5. The molecular formula is C18H23N5O2. The lowest BCUT2D eigenvalue weighted by Gasteiger charge is -2.35. The molecule has 1 saturated heterocycles. The normalized spacial score (nSPS) is 15.0. The smallest absolute Gasteiger partial charge is 0.234 e. The lowest BCUT2D eigenvalue weighted by atomic mass is 10.2. The Labute approximate surface area is 147 Å². The summed E-state index contributed by atoms with van der Waals surface area (Å²) in [4.78, 5) is 24.9. The summed E-state index contributed by atoms with van der Waals surface area (Å²) in [5, 5.41) is 2.94. The van der Waals surface area contributed by atoms with E-state index in [0.29, 0.717) is 13.1 Å². The SMILES string of the molecule is COc1ccnc(N2CCN(CC(=O)NCc3cccnc3)CC2)c1. The van der Waals surface area contributed by atoms with E-state index in [4.69, 9.17) is 4.74 Å². The van der Waals surface area contributed by atoms with Crippen LogP contribution in [0.5, 0.6) is 5.75 Å². The average Bonchev–Trinajstić information content (AvgIpc) is 2.68. The van der Waals surface area contributed by atoms with Crippen molar-refractivity contribution in [2.45, 2.75) is 6.54 Å². The van der Waals surface area contributed by atoms with Crippen molar-refractivity contribution in [3.05, 3.63) is 48.4 Å². The van der Waals surface area contributed by atoms with E-state index in [1.807, 2.05) is 24.3 Å². The molecule has 0 unspecified atom stereocenters. The number of anilines is 1. The Morgan fingerprint density at radius 3 is 2.80 bits per heavy atom. The van der Waals surface area contributed by atoms with Crippen molar-refractivity contribution >= 4 is 11.7 Å². The van der Waals surface area contributed by atoms with Crippen LogP contribution in [0.4, 0.5) is 5.82 Å². The lowest BCUT2D eigenvalue weighted by Crippen LogP contribution is -2.49. The van der Waals surface area contributed by atoms with Crippen LogP contribution in [0.1, 0.15) is 5.56 Å². The van der Waals surface area contributed by atoms with E-state index in [1.165, 1.54) is 0 Å². The first-order valence-electron chi connectivity index (χ1n) is 8.37. The van der Waals surface area contributed by atoms with Gasteiger partial charge in [0.15, 0.2) is 0 Å². The topological polar surface area (TPSA) is 70.6 Å². The Hall–Kier alpha value is -2.67. The molecule has 2 aromatic rings. The third-order valence-corrected chi connectivity index (χ3v) is 4.23. The maximum atomic E-state index is 12.1.